The smallest absolute Gasteiger partial charge is 0.317 e. The fourth-order valence-corrected chi connectivity index (χ4v) is 7.68. The van der Waals surface area contributed by atoms with Gasteiger partial charge < -0.3 is 72.3 Å². The van der Waals surface area contributed by atoms with Crippen molar-refractivity contribution in [2.24, 2.45) is 5.73 Å². The monoisotopic (exact) mass is 930 g/mol. The van der Waals surface area contributed by atoms with E-state index in [0.717, 1.165) is 157 Å². The van der Waals surface area contributed by atoms with Crippen molar-refractivity contribution in [1.82, 2.24) is 71.1 Å². The van der Waals surface area contributed by atoms with Gasteiger partial charge >= 0.3 is 11.9 Å². The Morgan fingerprint density at radius 2 is 0.908 bits per heavy atom. The predicted octanol–water partition coefficient (Wildman–Crippen LogP) is -2.90. The molecule has 0 spiro atoms. The zero-order valence-electron chi connectivity index (χ0n) is 41.9. The SMILES string of the molecule is CCNCCNCCCN(CCNCCN(C)CCN)CCN(CCCCCN(C)CCNCCNCC)CCNC(=O)CN1CCN(C)CCN(CC(=O)O)CCN(CC(=O)O)CC1. The summed E-state index contributed by atoms with van der Waals surface area (Å²) in [5, 5.41) is 39.7. The van der Waals surface area contributed by atoms with Crippen LogP contribution in [0.5, 0.6) is 0 Å². The third kappa shape index (κ3) is 37.5. The maximum absolute atomic E-state index is 13.5. The van der Waals surface area contributed by atoms with E-state index in [1.807, 2.05) is 16.8 Å². The summed E-state index contributed by atoms with van der Waals surface area (Å²) in [5.74, 6) is -1.84. The highest BCUT2D eigenvalue weighted by molar-refractivity contribution is 5.78. The van der Waals surface area contributed by atoms with Crippen LogP contribution in [0, 0.1) is 0 Å². The molecule has 0 aromatic heterocycles. The Kier molecular flexibility index (Phi) is 39.3. The number of hydrogen-bond donors (Lipinski definition) is 9. The van der Waals surface area contributed by atoms with Crippen LogP contribution in [0.2, 0.25) is 0 Å². The summed E-state index contributed by atoms with van der Waals surface area (Å²) in [6, 6.07) is 0. The molecule has 0 aromatic rings. The van der Waals surface area contributed by atoms with Gasteiger partial charge in [-0.05, 0) is 79.7 Å². The summed E-state index contributed by atoms with van der Waals surface area (Å²) in [5.41, 5.74) is 5.74. The predicted molar refractivity (Wildman–Crippen MR) is 266 cm³/mol. The number of carbonyl (C=O) groups excluding carboxylic acids is 1. The molecule has 0 bridgehead atoms. The second-order valence-corrected chi connectivity index (χ2v) is 17.7. The van der Waals surface area contributed by atoms with Crippen molar-refractivity contribution in [3.8, 4) is 0 Å². The van der Waals surface area contributed by atoms with E-state index in [2.05, 4.69) is 89.2 Å². The zero-order chi connectivity index (χ0) is 47.8. The molecule has 1 aliphatic heterocycles. The Hall–Kier alpha value is -2.15. The number of amides is 1. The van der Waals surface area contributed by atoms with E-state index < -0.39 is 11.9 Å². The largest absolute Gasteiger partial charge is 0.480 e. The second kappa shape index (κ2) is 42.0. The van der Waals surface area contributed by atoms with Gasteiger partial charge in [-0.25, -0.2) is 0 Å². The Balaban J connectivity index is 2.88. The standard InChI is InChI=1S/C45H99N15O5/c1-6-47-14-16-49-13-11-24-57(28-20-51-19-27-54(4)25-12-46)35-34-56(23-10-8-9-22-53(3)26-18-50-17-15-48-7-2)29-21-52-43(61)40-58-32-30-55(5)31-33-59(41-44(62)63)38-39-60(37-36-58)42-45(64)65/h47-51H,6-42,46H2,1-5H3,(H,52,61)(H,62,63)(H,64,65). The maximum Gasteiger partial charge on any atom is 0.317 e. The van der Waals surface area contributed by atoms with Gasteiger partial charge in [0.1, 0.15) is 0 Å². The molecule has 0 radical (unpaired) electrons. The van der Waals surface area contributed by atoms with Crippen LogP contribution in [0.3, 0.4) is 0 Å². The fourth-order valence-electron chi connectivity index (χ4n) is 7.68. The number of nitrogens with one attached hydrogen (secondary N) is 6. The van der Waals surface area contributed by atoms with Crippen LogP contribution in [0.1, 0.15) is 39.5 Å². The molecule has 20 nitrogen and oxygen atoms in total. The van der Waals surface area contributed by atoms with Crippen molar-refractivity contribution in [3.05, 3.63) is 0 Å². The first-order chi connectivity index (χ1) is 31.4. The summed E-state index contributed by atoms with van der Waals surface area (Å²) < 4.78 is 0. The van der Waals surface area contributed by atoms with Gasteiger partial charge in [-0.15, -0.1) is 0 Å². The Labute approximate surface area is 395 Å². The molecule has 20 heteroatoms. The molecular weight excluding hydrogens is 831 g/mol. The van der Waals surface area contributed by atoms with Crippen molar-refractivity contribution in [3.63, 3.8) is 0 Å². The topological polar surface area (TPSA) is 216 Å². The molecule has 0 aliphatic carbocycles. The van der Waals surface area contributed by atoms with Gasteiger partial charge in [-0.3, -0.25) is 29.1 Å². The summed E-state index contributed by atoms with van der Waals surface area (Å²) in [6.07, 6.45) is 4.51. The van der Waals surface area contributed by atoms with Crippen LogP contribution in [0.4, 0.5) is 0 Å². The number of rotatable bonds is 41. The van der Waals surface area contributed by atoms with Crippen molar-refractivity contribution in [2.45, 2.75) is 39.5 Å². The number of unbranched alkanes of at least 4 members (excludes halogenated alkanes) is 2. The van der Waals surface area contributed by atoms with E-state index in [9.17, 15) is 24.6 Å². The van der Waals surface area contributed by atoms with Gasteiger partial charge in [-0.1, -0.05) is 20.3 Å². The number of carboxylic acids is 2. The van der Waals surface area contributed by atoms with Gasteiger partial charge in [0, 0.05) is 157 Å². The molecule has 0 unspecified atom stereocenters. The van der Waals surface area contributed by atoms with Crippen molar-refractivity contribution in [1.29, 1.82) is 0 Å². The van der Waals surface area contributed by atoms with E-state index >= 15 is 0 Å². The molecule has 1 heterocycles. The lowest BCUT2D eigenvalue weighted by atomic mass is 10.2. The summed E-state index contributed by atoms with van der Waals surface area (Å²) in [7, 11) is 6.34. The summed E-state index contributed by atoms with van der Waals surface area (Å²) >= 11 is 0. The second-order valence-electron chi connectivity index (χ2n) is 17.7. The van der Waals surface area contributed by atoms with E-state index in [-0.39, 0.29) is 25.5 Å². The van der Waals surface area contributed by atoms with Crippen molar-refractivity contribution >= 4 is 17.8 Å². The molecular formula is C45H99N15O5. The average molecular weight is 930 g/mol. The highest BCUT2D eigenvalue weighted by Gasteiger charge is 2.20. The highest BCUT2D eigenvalue weighted by atomic mass is 16.4. The number of hydrogen-bond acceptors (Lipinski definition) is 17. The first-order valence-electron chi connectivity index (χ1n) is 25.1. The molecule has 0 atom stereocenters. The summed E-state index contributed by atoms with van der Waals surface area (Å²) in [6.45, 7) is 29.6. The molecule has 0 saturated carbocycles. The first kappa shape index (κ1) is 60.9. The number of carboxylic acid groups (broad SMARTS) is 2. The number of likely N-dealkylation sites (N-methyl/N-ethyl adjacent to an activating group) is 5. The van der Waals surface area contributed by atoms with Crippen LogP contribution in [0.25, 0.3) is 0 Å². The normalized spacial score (nSPS) is 15.6. The minimum absolute atomic E-state index is 0.0253. The van der Waals surface area contributed by atoms with Gasteiger partial charge in [0.15, 0.2) is 0 Å². The lowest BCUT2D eigenvalue weighted by Gasteiger charge is -2.32. The highest BCUT2D eigenvalue weighted by Crippen LogP contribution is 2.04. The zero-order valence-corrected chi connectivity index (χ0v) is 41.9. The van der Waals surface area contributed by atoms with E-state index in [4.69, 9.17) is 5.73 Å². The lowest BCUT2D eigenvalue weighted by Crippen LogP contribution is -2.49. The Bertz CT molecular complexity index is 1150. The maximum atomic E-state index is 13.5. The quantitative estimate of drug-likeness (QED) is 0.0281. The third-order valence-corrected chi connectivity index (χ3v) is 11.9. The van der Waals surface area contributed by atoms with Gasteiger partial charge in [-0.2, -0.15) is 0 Å². The fraction of sp³-hybridized carbons (Fsp3) is 0.933. The van der Waals surface area contributed by atoms with Crippen LogP contribution < -0.4 is 37.6 Å². The average Bonchev–Trinajstić information content (AvgIpc) is 3.26. The molecule has 1 rings (SSSR count). The molecule has 1 amide bonds. The molecule has 65 heavy (non-hydrogen) atoms. The van der Waals surface area contributed by atoms with Crippen molar-refractivity contribution in [2.75, 3.05) is 237 Å². The van der Waals surface area contributed by atoms with Crippen LogP contribution in [0.15, 0.2) is 0 Å². The number of nitrogens with two attached hydrogens (primary N) is 1. The number of nitrogens with zero attached hydrogens (tertiary/aromatic N) is 8. The molecule has 384 valence electrons. The summed E-state index contributed by atoms with van der Waals surface area (Å²) in [4.78, 5) is 54.5. The van der Waals surface area contributed by atoms with Crippen LogP contribution >= 0.6 is 0 Å². The lowest BCUT2D eigenvalue weighted by molar-refractivity contribution is -0.140. The van der Waals surface area contributed by atoms with E-state index in [1.54, 1.807) is 0 Å². The third-order valence-electron chi connectivity index (χ3n) is 11.9. The number of aliphatic carboxylic acids is 2. The van der Waals surface area contributed by atoms with Crippen LogP contribution in [-0.4, -0.2) is 304 Å². The van der Waals surface area contributed by atoms with Crippen molar-refractivity contribution < 1.29 is 24.6 Å². The van der Waals surface area contributed by atoms with Gasteiger partial charge in [0.2, 0.25) is 5.91 Å². The van der Waals surface area contributed by atoms with Crippen LogP contribution in [-0.2, 0) is 14.4 Å². The van der Waals surface area contributed by atoms with E-state index in [1.165, 1.54) is 0 Å². The molecule has 1 fully saturated rings. The number of carbonyl (C=O) groups is 3. The molecule has 10 N–H and O–H groups in total. The Morgan fingerprint density at radius 3 is 1.45 bits per heavy atom. The Morgan fingerprint density at radius 1 is 0.477 bits per heavy atom. The van der Waals surface area contributed by atoms with Gasteiger partial charge in [0.05, 0.1) is 19.6 Å². The first-order valence-corrected chi connectivity index (χ1v) is 25.1. The minimum atomic E-state index is -0.920. The molecule has 1 saturated heterocycles. The van der Waals surface area contributed by atoms with E-state index in [0.29, 0.717) is 65.4 Å². The molecule has 0 aromatic carbocycles. The molecule has 1 aliphatic rings. The van der Waals surface area contributed by atoms with Gasteiger partial charge in [0.25, 0.3) is 0 Å². The minimum Gasteiger partial charge on any atom is -0.480 e.